The van der Waals surface area contributed by atoms with Gasteiger partial charge >= 0.3 is 0 Å². The molecule has 0 saturated carbocycles. The van der Waals surface area contributed by atoms with E-state index >= 15 is 0 Å². The van der Waals surface area contributed by atoms with Crippen molar-refractivity contribution in [3.05, 3.63) is 83.9 Å². The number of piperazine rings is 1. The van der Waals surface area contributed by atoms with Crippen LogP contribution in [0.25, 0.3) is 10.9 Å². The number of nitrogens with one attached hydrogen (secondary N) is 1. The molecule has 1 aromatic heterocycles. The fourth-order valence-corrected chi connectivity index (χ4v) is 4.29. The van der Waals surface area contributed by atoms with Gasteiger partial charge in [0, 0.05) is 49.4 Å². The van der Waals surface area contributed by atoms with E-state index in [0.717, 1.165) is 60.2 Å². The van der Waals surface area contributed by atoms with E-state index in [1.54, 1.807) is 7.11 Å². The molecular weight excluding hydrogens is 410 g/mol. The lowest BCUT2D eigenvalue weighted by atomic mass is 10.2. The number of aryl methyl sites for hydroxylation is 1. The normalized spacial score (nSPS) is 13.9. The quantitative estimate of drug-likeness (QED) is 0.462. The van der Waals surface area contributed by atoms with Crippen molar-refractivity contribution >= 4 is 28.4 Å². The largest absolute Gasteiger partial charge is 0.496 e. The molecular formula is C27H29N5O. The van der Waals surface area contributed by atoms with Crippen molar-refractivity contribution in [3.63, 3.8) is 0 Å². The van der Waals surface area contributed by atoms with Gasteiger partial charge in [-0.25, -0.2) is 4.98 Å². The van der Waals surface area contributed by atoms with E-state index < -0.39 is 0 Å². The van der Waals surface area contributed by atoms with Crippen molar-refractivity contribution in [2.75, 3.05) is 48.4 Å². The van der Waals surface area contributed by atoms with E-state index in [2.05, 4.69) is 64.5 Å². The zero-order valence-electron chi connectivity index (χ0n) is 19.2. The van der Waals surface area contributed by atoms with Gasteiger partial charge < -0.3 is 19.9 Å². The van der Waals surface area contributed by atoms with E-state index in [0.29, 0.717) is 6.54 Å². The summed E-state index contributed by atoms with van der Waals surface area (Å²) in [5.74, 6) is 2.50. The summed E-state index contributed by atoms with van der Waals surface area (Å²) in [6, 6.07) is 25.0. The predicted octanol–water partition coefficient (Wildman–Crippen LogP) is 4.89. The lowest BCUT2D eigenvalue weighted by Crippen LogP contribution is -2.47. The van der Waals surface area contributed by atoms with E-state index in [4.69, 9.17) is 14.7 Å². The average Bonchev–Trinajstić information content (AvgIpc) is 2.88. The average molecular weight is 440 g/mol. The fourth-order valence-electron chi connectivity index (χ4n) is 4.29. The third-order valence-corrected chi connectivity index (χ3v) is 6.19. The first-order valence-electron chi connectivity index (χ1n) is 11.4. The van der Waals surface area contributed by atoms with Crippen molar-refractivity contribution in [2.24, 2.45) is 0 Å². The molecule has 168 valence electrons. The summed E-state index contributed by atoms with van der Waals surface area (Å²) in [7, 11) is 1.70. The van der Waals surface area contributed by atoms with Crippen LogP contribution in [0.15, 0.2) is 72.8 Å². The number of anilines is 3. The molecule has 0 bridgehead atoms. The molecule has 33 heavy (non-hydrogen) atoms. The maximum atomic E-state index is 5.51. The van der Waals surface area contributed by atoms with Crippen LogP contribution in [-0.2, 0) is 6.54 Å². The predicted molar refractivity (Wildman–Crippen MR) is 135 cm³/mol. The summed E-state index contributed by atoms with van der Waals surface area (Å²) in [5.41, 5.74) is 4.61. The second-order valence-corrected chi connectivity index (χ2v) is 8.36. The Morgan fingerprint density at radius 1 is 0.818 bits per heavy atom. The van der Waals surface area contributed by atoms with Crippen LogP contribution in [0.1, 0.15) is 11.1 Å². The highest BCUT2D eigenvalue weighted by Crippen LogP contribution is 2.26. The number of aromatic nitrogens is 2. The van der Waals surface area contributed by atoms with Gasteiger partial charge in [0.05, 0.1) is 12.6 Å². The molecule has 6 nitrogen and oxygen atoms in total. The Morgan fingerprint density at radius 2 is 1.52 bits per heavy atom. The summed E-state index contributed by atoms with van der Waals surface area (Å²) in [4.78, 5) is 14.5. The molecule has 0 radical (unpaired) electrons. The minimum absolute atomic E-state index is 0.631. The van der Waals surface area contributed by atoms with Crippen LogP contribution in [0.4, 0.5) is 17.5 Å². The molecule has 3 aromatic carbocycles. The van der Waals surface area contributed by atoms with Crippen LogP contribution < -0.4 is 19.9 Å². The Morgan fingerprint density at radius 3 is 2.30 bits per heavy atom. The van der Waals surface area contributed by atoms with Gasteiger partial charge in [0.25, 0.3) is 0 Å². The molecule has 1 aliphatic heterocycles. The minimum Gasteiger partial charge on any atom is -0.496 e. The van der Waals surface area contributed by atoms with Crippen molar-refractivity contribution in [1.29, 1.82) is 0 Å². The third-order valence-electron chi connectivity index (χ3n) is 6.19. The number of para-hydroxylation sites is 2. The fraction of sp³-hybridized carbons (Fsp3) is 0.259. The maximum absolute atomic E-state index is 5.51. The molecule has 4 aromatic rings. The number of hydrogen-bond donors (Lipinski definition) is 1. The van der Waals surface area contributed by atoms with Crippen molar-refractivity contribution in [2.45, 2.75) is 13.5 Å². The summed E-state index contributed by atoms with van der Waals surface area (Å²) in [6.07, 6.45) is 0. The van der Waals surface area contributed by atoms with Crippen LogP contribution in [0.2, 0.25) is 0 Å². The third kappa shape index (κ3) is 4.55. The van der Waals surface area contributed by atoms with Gasteiger partial charge in [0.2, 0.25) is 5.95 Å². The topological polar surface area (TPSA) is 53.5 Å². The highest BCUT2D eigenvalue weighted by atomic mass is 16.5. The lowest BCUT2D eigenvalue weighted by Gasteiger charge is -2.36. The number of methoxy groups -OCH3 is 1. The van der Waals surface area contributed by atoms with E-state index in [1.807, 2.05) is 30.3 Å². The SMILES string of the molecule is COc1ccccc1CNc1nc(N2CCN(c3ccc(C)cc3)CC2)nc2ccccc12. The smallest absolute Gasteiger partial charge is 0.228 e. The van der Waals surface area contributed by atoms with Gasteiger partial charge in [-0.15, -0.1) is 0 Å². The molecule has 0 atom stereocenters. The molecule has 1 aliphatic rings. The van der Waals surface area contributed by atoms with E-state index in [-0.39, 0.29) is 0 Å². The number of benzene rings is 3. The van der Waals surface area contributed by atoms with Gasteiger partial charge in [0.1, 0.15) is 11.6 Å². The first-order valence-corrected chi connectivity index (χ1v) is 11.4. The molecule has 1 saturated heterocycles. The molecule has 0 unspecified atom stereocenters. The van der Waals surface area contributed by atoms with Crippen LogP contribution in [0.3, 0.4) is 0 Å². The van der Waals surface area contributed by atoms with Crippen molar-refractivity contribution in [3.8, 4) is 5.75 Å². The summed E-state index contributed by atoms with van der Waals surface area (Å²) >= 11 is 0. The Balaban J connectivity index is 1.36. The molecule has 0 spiro atoms. The van der Waals surface area contributed by atoms with Crippen LogP contribution in [0.5, 0.6) is 5.75 Å². The number of nitrogens with zero attached hydrogens (tertiary/aromatic N) is 4. The zero-order valence-corrected chi connectivity index (χ0v) is 19.2. The standard InChI is InChI=1S/C27H29N5O/c1-20-11-13-22(14-12-20)31-15-17-32(18-16-31)27-29-24-9-5-4-8-23(24)26(30-27)28-19-21-7-3-6-10-25(21)33-2/h3-14H,15-19H2,1-2H3,(H,28,29,30). The number of fused-ring (bicyclic) bond motifs is 1. The molecule has 5 rings (SSSR count). The van der Waals surface area contributed by atoms with Gasteiger partial charge in [-0.3, -0.25) is 0 Å². The number of ether oxygens (including phenoxy) is 1. The zero-order chi connectivity index (χ0) is 22.6. The monoisotopic (exact) mass is 439 g/mol. The highest BCUT2D eigenvalue weighted by molar-refractivity contribution is 5.90. The molecule has 1 N–H and O–H groups in total. The van der Waals surface area contributed by atoms with Gasteiger partial charge in [-0.05, 0) is 37.3 Å². The Kier molecular flexibility index (Phi) is 5.98. The molecule has 0 amide bonds. The highest BCUT2D eigenvalue weighted by Gasteiger charge is 2.21. The van der Waals surface area contributed by atoms with Crippen molar-refractivity contribution < 1.29 is 4.74 Å². The molecule has 6 heteroatoms. The number of hydrogen-bond acceptors (Lipinski definition) is 6. The lowest BCUT2D eigenvalue weighted by molar-refractivity contribution is 0.410. The van der Waals surface area contributed by atoms with E-state index in [1.165, 1.54) is 11.3 Å². The van der Waals surface area contributed by atoms with Crippen LogP contribution in [0, 0.1) is 6.92 Å². The second kappa shape index (κ2) is 9.36. The van der Waals surface area contributed by atoms with Gasteiger partial charge in [-0.1, -0.05) is 48.0 Å². The summed E-state index contributed by atoms with van der Waals surface area (Å²) in [5, 5.41) is 4.55. The molecule has 1 fully saturated rings. The minimum atomic E-state index is 0.631. The summed E-state index contributed by atoms with van der Waals surface area (Å²) < 4.78 is 5.51. The molecule has 0 aliphatic carbocycles. The summed E-state index contributed by atoms with van der Waals surface area (Å²) in [6.45, 7) is 6.42. The van der Waals surface area contributed by atoms with Crippen LogP contribution >= 0.6 is 0 Å². The van der Waals surface area contributed by atoms with Gasteiger partial charge in [-0.2, -0.15) is 4.98 Å². The maximum Gasteiger partial charge on any atom is 0.228 e. The van der Waals surface area contributed by atoms with E-state index in [9.17, 15) is 0 Å². The van der Waals surface area contributed by atoms with Crippen LogP contribution in [-0.4, -0.2) is 43.3 Å². The first kappa shape index (κ1) is 21.1. The Bertz CT molecular complexity index is 1230. The Labute approximate surface area is 194 Å². The number of rotatable bonds is 6. The first-order chi connectivity index (χ1) is 16.2. The van der Waals surface area contributed by atoms with Crippen molar-refractivity contribution in [1.82, 2.24) is 9.97 Å². The second-order valence-electron chi connectivity index (χ2n) is 8.36. The molecule has 2 heterocycles. The van der Waals surface area contributed by atoms with Gasteiger partial charge in [0.15, 0.2) is 0 Å². The Hall–Kier alpha value is -3.80.